The number of hydrogen-bond acceptors (Lipinski definition) is 13. The molecule has 3 fully saturated rings. The van der Waals surface area contributed by atoms with E-state index in [-0.39, 0.29) is 64.8 Å². The summed E-state index contributed by atoms with van der Waals surface area (Å²) in [6, 6.07) is 34.7. The van der Waals surface area contributed by atoms with Gasteiger partial charge in [-0.3, -0.25) is 33.8 Å². The quantitative estimate of drug-likeness (QED) is 0.0717. The average molecular weight is 1120 g/mol. The number of ether oxygens (including phenoxy) is 2. The SMILES string of the molecule is NCCNC(=O)O[C@@H]1CC2C(=O)N[C@@H](CCc3ccccc3)C(=O)N[C@H](Cc3c[nH]c4ccccc34)C(=O)N[C@@H](CN3CCNCC3)C(=O)N[C@@H](Cc3ccc(OCc4ccccc4)cc3)C(O)N3Cc4ccccc4C[C@H]3C(=O)N2C1. The molecule has 10 N–H and O–H groups in total. The molecule has 20 heteroatoms. The highest BCUT2D eigenvalue weighted by Crippen LogP contribution is 2.31. The van der Waals surface area contributed by atoms with Crippen molar-refractivity contribution in [3.05, 3.63) is 173 Å². The molecule has 6 aromatic rings. The number of aryl methyl sites for hydroxylation is 1. The van der Waals surface area contributed by atoms with E-state index in [9.17, 15) is 9.90 Å². The highest BCUT2D eigenvalue weighted by Gasteiger charge is 2.48. The molecule has 6 amide bonds. The number of fused-ring (bicyclic) bond motifs is 4. The number of aliphatic hydroxyl groups is 1. The van der Waals surface area contributed by atoms with Crippen LogP contribution >= 0.6 is 0 Å². The molecule has 0 bridgehead atoms. The fourth-order valence-electron chi connectivity index (χ4n) is 11.6. The molecule has 0 aliphatic carbocycles. The molecular weight excluding hydrogens is 1040 g/mol. The van der Waals surface area contributed by atoms with Gasteiger partial charge in [-0.2, -0.15) is 0 Å². The number of piperazine rings is 1. The first-order valence-corrected chi connectivity index (χ1v) is 28.4. The summed E-state index contributed by atoms with van der Waals surface area (Å²) in [4.78, 5) is 98.2. The first-order valence-electron chi connectivity index (χ1n) is 28.4. The molecule has 20 nitrogen and oxygen atoms in total. The molecule has 8 atom stereocenters. The van der Waals surface area contributed by atoms with Crippen LogP contribution in [0.3, 0.4) is 0 Å². The van der Waals surface area contributed by atoms with Crippen molar-refractivity contribution in [2.24, 2.45) is 5.73 Å². The van der Waals surface area contributed by atoms with Gasteiger partial charge in [0.25, 0.3) is 0 Å². The largest absolute Gasteiger partial charge is 0.489 e. The van der Waals surface area contributed by atoms with Crippen LogP contribution in [0.2, 0.25) is 0 Å². The van der Waals surface area contributed by atoms with Crippen LogP contribution in [0.5, 0.6) is 5.75 Å². The summed E-state index contributed by atoms with van der Waals surface area (Å²) in [5.74, 6) is -2.47. The molecule has 5 heterocycles. The lowest BCUT2D eigenvalue weighted by molar-refractivity contribution is -0.150. The molecule has 4 aliphatic heterocycles. The van der Waals surface area contributed by atoms with Gasteiger partial charge in [-0.05, 0) is 77.3 Å². The number of carbonyl (C=O) groups is 6. The van der Waals surface area contributed by atoms with Crippen molar-refractivity contribution >= 4 is 46.5 Å². The third kappa shape index (κ3) is 14.3. The predicted molar refractivity (Wildman–Crippen MR) is 308 cm³/mol. The molecule has 82 heavy (non-hydrogen) atoms. The number of aliphatic hydroxyl groups excluding tert-OH is 1. The number of nitrogens with two attached hydrogens (primary N) is 1. The number of H-pyrrole nitrogens is 1. The number of nitrogens with zero attached hydrogens (tertiary/aromatic N) is 3. The highest BCUT2D eigenvalue weighted by atomic mass is 16.6. The van der Waals surface area contributed by atoms with Gasteiger partial charge in [-0.1, -0.05) is 115 Å². The average Bonchev–Trinajstić information content (AvgIpc) is 4.30. The number of rotatable bonds is 15. The zero-order chi connectivity index (χ0) is 57.0. The number of nitrogens with one attached hydrogen (secondary N) is 7. The standard InChI is InChI=1S/C62H73N11O9/c63-25-26-65-62(80)82-47-34-54-59(77)67-50(24-21-40-11-3-1-4-12-40)56(74)68-51(32-45-35-66-49-18-10-9-17-48(45)49)57(75)70-53(38-71-29-27-64-28-30-71)58(76)69-52(31-41-19-22-46(23-20-41)81-39-42-13-5-2-6-14-42)60(78)72-36-44-16-8-7-15-43(44)33-55(72)61(79)73(54)37-47/h1-20,22-23,35,47,50-55,60,64,66,78H,21,24-34,36-39,63H2,(H,65,80)(H,67,77)(H,68,74)(H,69,76)(H,70,75)/t47-,50+,51-,52+,53+,54?,55+,60?/m1/s1. The van der Waals surface area contributed by atoms with Crippen molar-refractivity contribution in [2.75, 3.05) is 52.4 Å². The summed E-state index contributed by atoms with van der Waals surface area (Å²) in [7, 11) is 0. The Kier molecular flexibility index (Phi) is 18.9. The Balaban J connectivity index is 1.05. The van der Waals surface area contributed by atoms with Crippen LogP contribution in [0, 0.1) is 0 Å². The van der Waals surface area contributed by atoms with E-state index in [2.05, 4.69) is 41.8 Å². The Morgan fingerprint density at radius 2 is 1.34 bits per heavy atom. The lowest BCUT2D eigenvalue weighted by Crippen LogP contribution is -2.65. The van der Waals surface area contributed by atoms with E-state index < -0.39 is 84.2 Å². The summed E-state index contributed by atoms with van der Waals surface area (Å²) < 4.78 is 12.0. The Labute approximate surface area is 476 Å². The predicted octanol–water partition coefficient (Wildman–Crippen LogP) is 2.42. The van der Waals surface area contributed by atoms with Crippen LogP contribution < -0.4 is 42.4 Å². The highest BCUT2D eigenvalue weighted by molar-refractivity contribution is 5.97. The minimum Gasteiger partial charge on any atom is -0.489 e. The molecule has 1 aromatic heterocycles. The number of alkyl carbamates (subject to hydrolysis) is 1. The lowest BCUT2D eigenvalue weighted by atomic mass is 9.91. The maximum atomic E-state index is 15.7. The van der Waals surface area contributed by atoms with E-state index in [4.69, 9.17) is 15.2 Å². The van der Waals surface area contributed by atoms with Gasteiger partial charge in [-0.15, -0.1) is 0 Å². The van der Waals surface area contributed by atoms with Crippen molar-refractivity contribution in [1.29, 1.82) is 0 Å². The minimum atomic E-state index is -1.53. The van der Waals surface area contributed by atoms with E-state index in [0.717, 1.165) is 44.3 Å². The minimum absolute atomic E-state index is 0.00325. The summed E-state index contributed by atoms with van der Waals surface area (Å²) in [5, 5.41) is 32.1. The Morgan fingerprint density at radius 3 is 2.10 bits per heavy atom. The van der Waals surface area contributed by atoms with E-state index in [1.54, 1.807) is 11.1 Å². The molecule has 0 saturated carbocycles. The maximum Gasteiger partial charge on any atom is 0.407 e. The second-order valence-electron chi connectivity index (χ2n) is 21.6. The van der Waals surface area contributed by atoms with Gasteiger partial charge in [-0.25, -0.2) is 4.79 Å². The summed E-state index contributed by atoms with van der Waals surface area (Å²) in [6.07, 6.45) is -0.939. The molecule has 4 aliphatic rings. The summed E-state index contributed by atoms with van der Waals surface area (Å²) in [5.41, 5.74) is 11.6. The molecule has 3 saturated heterocycles. The fourth-order valence-corrected chi connectivity index (χ4v) is 11.6. The Morgan fingerprint density at radius 1 is 0.683 bits per heavy atom. The first kappa shape index (κ1) is 57.1. The van der Waals surface area contributed by atoms with Gasteiger partial charge in [0.1, 0.15) is 48.9 Å². The van der Waals surface area contributed by atoms with Crippen LogP contribution in [0.4, 0.5) is 4.79 Å². The maximum absolute atomic E-state index is 15.7. The van der Waals surface area contributed by atoms with E-state index in [1.165, 1.54) is 4.90 Å². The molecule has 0 spiro atoms. The monoisotopic (exact) mass is 1120 g/mol. The van der Waals surface area contributed by atoms with Crippen molar-refractivity contribution < 1.29 is 43.3 Å². The number of benzene rings is 5. The number of aromatic amines is 1. The molecule has 2 unspecified atom stereocenters. The lowest BCUT2D eigenvalue weighted by Gasteiger charge is -2.43. The van der Waals surface area contributed by atoms with Crippen LogP contribution in [-0.4, -0.2) is 161 Å². The third-order valence-corrected chi connectivity index (χ3v) is 16.0. The normalized spacial score (nSPS) is 24.1. The van der Waals surface area contributed by atoms with Gasteiger partial charge >= 0.3 is 6.09 Å². The van der Waals surface area contributed by atoms with Crippen LogP contribution in [0.1, 0.15) is 46.2 Å². The number of aromatic nitrogens is 1. The van der Waals surface area contributed by atoms with Crippen LogP contribution in [0.15, 0.2) is 140 Å². The van der Waals surface area contributed by atoms with E-state index >= 15 is 24.0 Å². The number of hydrogen-bond donors (Lipinski definition) is 9. The Bertz CT molecular complexity index is 3160. The molecule has 0 radical (unpaired) electrons. The number of para-hydroxylation sites is 1. The van der Waals surface area contributed by atoms with Gasteiger partial charge in [0, 0.05) is 82.3 Å². The van der Waals surface area contributed by atoms with Crippen molar-refractivity contribution in [3.63, 3.8) is 0 Å². The molecule has 5 aromatic carbocycles. The van der Waals surface area contributed by atoms with Crippen LogP contribution in [0.25, 0.3) is 10.9 Å². The van der Waals surface area contributed by atoms with E-state index in [1.807, 2.05) is 133 Å². The van der Waals surface area contributed by atoms with Gasteiger partial charge in [0.15, 0.2) is 0 Å². The Hall–Kier alpha value is -8.14. The number of carbonyl (C=O) groups excluding carboxylic acids is 6. The van der Waals surface area contributed by atoms with Gasteiger partial charge in [0.2, 0.25) is 29.5 Å². The van der Waals surface area contributed by atoms with E-state index in [0.29, 0.717) is 45.0 Å². The second kappa shape index (κ2) is 27.1. The molecule has 430 valence electrons. The van der Waals surface area contributed by atoms with Crippen molar-refractivity contribution in [2.45, 2.75) is 100 Å². The summed E-state index contributed by atoms with van der Waals surface area (Å²) >= 11 is 0. The third-order valence-electron chi connectivity index (χ3n) is 16.0. The van der Waals surface area contributed by atoms with Crippen LogP contribution in [-0.2, 0) is 67.5 Å². The topological polar surface area (TPSA) is 265 Å². The number of amides is 6. The smallest absolute Gasteiger partial charge is 0.407 e. The fraction of sp³-hybridized carbons (Fsp3) is 0.387. The molecule has 10 rings (SSSR count). The molecular formula is C62H73N11O9. The zero-order valence-corrected chi connectivity index (χ0v) is 45.8. The van der Waals surface area contributed by atoms with Crippen molar-refractivity contribution in [3.8, 4) is 5.75 Å². The van der Waals surface area contributed by atoms with Crippen molar-refractivity contribution in [1.82, 2.24) is 51.6 Å². The first-order chi connectivity index (χ1) is 40.0. The zero-order valence-electron chi connectivity index (χ0n) is 45.8. The second-order valence-corrected chi connectivity index (χ2v) is 21.6. The summed E-state index contributed by atoms with van der Waals surface area (Å²) in [6.45, 7) is 3.10. The van der Waals surface area contributed by atoms with Gasteiger partial charge in [0.05, 0.1) is 18.6 Å². The van der Waals surface area contributed by atoms with Gasteiger partial charge < -0.3 is 62.1 Å².